The summed E-state index contributed by atoms with van der Waals surface area (Å²) in [5.41, 5.74) is 0. The van der Waals surface area contributed by atoms with Crippen molar-refractivity contribution in [1.29, 1.82) is 0 Å². The minimum atomic E-state index is -2.99. The van der Waals surface area contributed by atoms with Crippen LogP contribution in [0, 0.1) is 10.8 Å². The van der Waals surface area contributed by atoms with Gasteiger partial charge in [0.05, 0.1) is 43.0 Å². The van der Waals surface area contributed by atoms with Crippen molar-refractivity contribution in [3.63, 3.8) is 0 Å². The van der Waals surface area contributed by atoms with Crippen molar-refractivity contribution >= 4 is 28.0 Å². The number of nitrogens with one attached hydrogen (secondary N) is 1. The highest BCUT2D eigenvalue weighted by atomic mass is 32.2. The summed E-state index contributed by atoms with van der Waals surface area (Å²) in [5, 5.41) is 4.40. The highest BCUT2D eigenvalue weighted by molar-refractivity contribution is 7.91. The lowest BCUT2D eigenvalue weighted by Gasteiger charge is -2.27. The Labute approximate surface area is 152 Å². The maximum absolute atomic E-state index is 11.8. The minimum Gasteiger partial charge on any atom is -0.466 e. The summed E-state index contributed by atoms with van der Waals surface area (Å²) in [7, 11) is -2.99. The fourth-order valence-electron chi connectivity index (χ4n) is 3.47. The Bertz CT molecular complexity index is 777. The lowest BCUT2D eigenvalue weighted by atomic mass is 9.97. The van der Waals surface area contributed by atoms with Crippen LogP contribution in [-0.4, -0.2) is 55.4 Å². The van der Waals surface area contributed by atoms with Gasteiger partial charge in [-0.25, -0.2) is 8.42 Å². The molecule has 2 aliphatic heterocycles. The number of hydrogen-bond donors (Lipinski definition) is 1. The van der Waals surface area contributed by atoms with Gasteiger partial charge in [0.1, 0.15) is 0 Å². The highest BCUT2D eigenvalue weighted by Gasteiger charge is 2.33. The van der Waals surface area contributed by atoms with Crippen molar-refractivity contribution in [2.45, 2.75) is 38.8 Å². The van der Waals surface area contributed by atoms with E-state index in [9.17, 15) is 13.2 Å². The molecule has 3 heterocycles. The number of esters is 1. The standard InChI is InChI=1S/C15H23N3O5S2/c1-2-22-14(19)11-3-6-17(7-4-11)10-18-15(24)23-13(16-18)12-5-8-25(20,21)9-12/h11-12H,2-10H2,1H3/p+1/t12-/m1/s1. The molecule has 2 fully saturated rings. The first-order valence-corrected chi connectivity index (χ1v) is 10.9. The number of carbonyl (C=O) groups is 1. The summed E-state index contributed by atoms with van der Waals surface area (Å²) in [5.74, 6) is 0.362. The molecule has 1 aromatic rings. The van der Waals surface area contributed by atoms with Gasteiger partial charge >= 0.3 is 5.97 Å². The molecule has 0 radical (unpaired) electrons. The first-order chi connectivity index (χ1) is 11.9. The molecule has 0 spiro atoms. The predicted octanol–water partition coefficient (Wildman–Crippen LogP) is -0.0768. The Hall–Kier alpha value is -1.26. The maximum atomic E-state index is 11.8. The van der Waals surface area contributed by atoms with Gasteiger partial charge in [-0.05, 0) is 25.6 Å². The Morgan fingerprint density at radius 2 is 2.12 bits per heavy atom. The van der Waals surface area contributed by atoms with Gasteiger partial charge in [0.2, 0.25) is 5.89 Å². The number of ether oxygens (including phenoxy) is 1. The molecule has 0 saturated carbocycles. The molecule has 140 valence electrons. The Morgan fingerprint density at radius 1 is 1.40 bits per heavy atom. The zero-order valence-corrected chi connectivity index (χ0v) is 15.9. The average Bonchev–Trinajstić information content (AvgIpc) is 3.11. The van der Waals surface area contributed by atoms with E-state index in [1.165, 1.54) is 4.90 Å². The number of sulfone groups is 1. The van der Waals surface area contributed by atoms with Crippen molar-refractivity contribution in [3.05, 3.63) is 10.7 Å². The molecule has 2 aliphatic rings. The normalized spacial score (nSPS) is 28.8. The molecule has 0 bridgehead atoms. The lowest BCUT2D eigenvalue weighted by Crippen LogP contribution is -3.12. The molecule has 10 heteroatoms. The molecule has 1 atom stereocenters. The first kappa shape index (κ1) is 18.5. The van der Waals surface area contributed by atoms with E-state index in [1.54, 1.807) is 4.68 Å². The van der Waals surface area contributed by atoms with Crippen LogP contribution in [0.25, 0.3) is 0 Å². The molecule has 2 saturated heterocycles. The lowest BCUT2D eigenvalue weighted by molar-refractivity contribution is -0.929. The molecule has 1 N–H and O–H groups in total. The SMILES string of the molecule is CCOC(=O)C1CC[NH+](Cn2nc([C@@H]3CCS(=O)(=O)C3)oc2=S)CC1. The van der Waals surface area contributed by atoms with Crippen molar-refractivity contribution in [2.24, 2.45) is 5.92 Å². The fourth-order valence-corrected chi connectivity index (χ4v) is 5.39. The quantitative estimate of drug-likeness (QED) is 0.555. The topological polar surface area (TPSA) is 95.8 Å². The van der Waals surface area contributed by atoms with Gasteiger partial charge in [-0.2, -0.15) is 4.68 Å². The number of nitrogens with zero attached hydrogens (tertiary/aromatic N) is 2. The van der Waals surface area contributed by atoms with E-state index in [0.717, 1.165) is 25.9 Å². The second-order valence-corrected chi connectivity index (χ2v) is 9.32. The Balaban J connectivity index is 1.58. The van der Waals surface area contributed by atoms with Crippen LogP contribution >= 0.6 is 12.2 Å². The van der Waals surface area contributed by atoms with Crippen molar-refractivity contribution in [3.8, 4) is 0 Å². The van der Waals surface area contributed by atoms with Crippen LogP contribution in [0.5, 0.6) is 0 Å². The molecule has 0 unspecified atom stereocenters. The monoisotopic (exact) mass is 390 g/mol. The zero-order chi connectivity index (χ0) is 18.0. The molecule has 3 rings (SSSR count). The van der Waals surface area contributed by atoms with Gasteiger partial charge in [0, 0.05) is 12.8 Å². The number of rotatable bonds is 5. The number of carbonyl (C=O) groups excluding carboxylic acids is 1. The fraction of sp³-hybridized carbons (Fsp3) is 0.800. The van der Waals surface area contributed by atoms with Crippen LogP contribution in [0.3, 0.4) is 0 Å². The molecule has 0 amide bonds. The molecule has 25 heavy (non-hydrogen) atoms. The van der Waals surface area contributed by atoms with Crippen molar-refractivity contribution < 1.29 is 27.3 Å². The first-order valence-electron chi connectivity index (χ1n) is 8.66. The van der Waals surface area contributed by atoms with Gasteiger partial charge in [0.15, 0.2) is 16.5 Å². The van der Waals surface area contributed by atoms with Crippen molar-refractivity contribution in [2.75, 3.05) is 31.2 Å². The summed E-state index contributed by atoms with van der Waals surface area (Å²) in [6, 6.07) is 0. The largest absolute Gasteiger partial charge is 0.466 e. The average molecular weight is 391 g/mol. The second kappa shape index (κ2) is 7.55. The van der Waals surface area contributed by atoms with Crippen LogP contribution in [0.15, 0.2) is 4.42 Å². The second-order valence-electron chi connectivity index (χ2n) is 6.74. The van der Waals surface area contributed by atoms with Crippen molar-refractivity contribution in [1.82, 2.24) is 9.78 Å². The Kier molecular flexibility index (Phi) is 5.59. The van der Waals surface area contributed by atoms with E-state index in [2.05, 4.69) is 5.10 Å². The summed E-state index contributed by atoms with van der Waals surface area (Å²) in [6.07, 6.45) is 2.11. The number of piperidine rings is 1. The van der Waals surface area contributed by atoms with Crippen LogP contribution in [0.2, 0.25) is 0 Å². The molecule has 0 aromatic carbocycles. The van der Waals surface area contributed by atoms with E-state index in [4.69, 9.17) is 21.4 Å². The summed E-state index contributed by atoms with van der Waals surface area (Å²) in [6.45, 7) is 4.48. The van der Waals surface area contributed by atoms with Crippen LogP contribution in [-0.2, 0) is 26.0 Å². The molecule has 8 nitrogen and oxygen atoms in total. The Morgan fingerprint density at radius 3 is 2.72 bits per heavy atom. The molecular weight excluding hydrogens is 366 g/mol. The van der Waals surface area contributed by atoms with Gasteiger partial charge < -0.3 is 14.1 Å². The number of aromatic nitrogens is 2. The number of likely N-dealkylation sites (tertiary alicyclic amines) is 1. The highest BCUT2D eigenvalue weighted by Crippen LogP contribution is 2.27. The zero-order valence-electron chi connectivity index (χ0n) is 14.3. The van der Waals surface area contributed by atoms with Gasteiger partial charge in [-0.1, -0.05) is 0 Å². The molecule has 0 aliphatic carbocycles. The smallest absolute Gasteiger partial charge is 0.309 e. The van der Waals surface area contributed by atoms with Gasteiger partial charge in [-0.15, -0.1) is 5.10 Å². The molecule has 1 aromatic heterocycles. The minimum absolute atomic E-state index is 0.0202. The summed E-state index contributed by atoms with van der Waals surface area (Å²) in [4.78, 5) is 13.3. The van der Waals surface area contributed by atoms with E-state index in [0.29, 0.717) is 25.6 Å². The van der Waals surface area contributed by atoms with Crippen LogP contribution in [0.4, 0.5) is 0 Å². The van der Waals surface area contributed by atoms with Crippen LogP contribution in [0.1, 0.15) is 38.0 Å². The third-order valence-electron chi connectivity index (χ3n) is 4.89. The van der Waals surface area contributed by atoms with Gasteiger partial charge in [-0.3, -0.25) is 4.79 Å². The van der Waals surface area contributed by atoms with E-state index in [1.807, 2.05) is 6.92 Å². The molecular formula is C15H24N3O5S2+. The number of hydrogen-bond acceptors (Lipinski definition) is 7. The predicted molar refractivity (Wildman–Crippen MR) is 91.4 cm³/mol. The third kappa shape index (κ3) is 4.48. The summed E-state index contributed by atoms with van der Waals surface area (Å²) < 4.78 is 35.5. The third-order valence-corrected chi connectivity index (χ3v) is 6.95. The number of quaternary nitrogens is 1. The summed E-state index contributed by atoms with van der Waals surface area (Å²) >= 11 is 5.23. The van der Waals surface area contributed by atoms with Crippen LogP contribution < -0.4 is 4.90 Å². The maximum Gasteiger partial charge on any atom is 0.309 e. The van der Waals surface area contributed by atoms with Gasteiger partial charge in [0.25, 0.3) is 4.84 Å². The van der Waals surface area contributed by atoms with E-state index >= 15 is 0 Å². The van der Waals surface area contributed by atoms with E-state index < -0.39 is 9.84 Å². The van der Waals surface area contributed by atoms with E-state index in [-0.39, 0.29) is 34.1 Å².